The van der Waals surface area contributed by atoms with Crippen molar-refractivity contribution in [3.8, 4) is 0 Å². The first-order chi connectivity index (χ1) is 17.1. The molecule has 0 bridgehead atoms. The van der Waals surface area contributed by atoms with Gasteiger partial charge in [0.25, 0.3) is 0 Å². The number of rotatable bonds is 5. The summed E-state index contributed by atoms with van der Waals surface area (Å²) in [5.74, 6) is -0.823. The Balaban J connectivity index is 1.58. The molecule has 0 aromatic heterocycles. The predicted molar refractivity (Wildman–Crippen MR) is 136 cm³/mol. The van der Waals surface area contributed by atoms with Gasteiger partial charge in [0.2, 0.25) is 0 Å². The number of hydrogen-bond acceptors (Lipinski definition) is 3. The zero-order valence-corrected chi connectivity index (χ0v) is 19.0. The smallest absolute Gasteiger partial charge is 0.190 e. The minimum absolute atomic E-state index is 0.0460. The second-order valence-electron chi connectivity index (χ2n) is 9.11. The Morgan fingerprint density at radius 3 is 2.03 bits per heavy atom. The van der Waals surface area contributed by atoms with Crippen LogP contribution in [0.5, 0.6) is 0 Å². The zero-order chi connectivity index (χ0) is 24.0. The lowest BCUT2D eigenvalue weighted by Crippen LogP contribution is -2.40. The maximum absolute atomic E-state index is 14.4. The van der Waals surface area contributed by atoms with Gasteiger partial charge in [0.05, 0.1) is 5.41 Å². The maximum Gasteiger partial charge on any atom is 0.190 e. The molecular weight excluding hydrogens is 432 g/mol. The van der Waals surface area contributed by atoms with Crippen LogP contribution in [-0.2, 0) is 5.41 Å². The number of carbonyl (C=O) groups is 3. The summed E-state index contributed by atoms with van der Waals surface area (Å²) in [7, 11) is 0. The van der Waals surface area contributed by atoms with Gasteiger partial charge in [0.15, 0.2) is 17.3 Å². The fourth-order valence-electron chi connectivity index (χ4n) is 5.81. The molecule has 0 radical (unpaired) electrons. The second kappa shape index (κ2) is 8.14. The molecule has 35 heavy (non-hydrogen) atoms. The summed E-state index contributed by atoms with van der Waals surface area (Å²) < 4.78 is 0. The lowest BCUT2D eigenvalue weighted by atomic mass is 9.64. The molecule has 2 atom stereocenters. The molecule has 6 rings (SSSR count). The molecule has 1 spiro atoms. The maximum atomic E-state index is 14.4. The van der Waals surface area contributed by atoms with E-state index < -0.39 is 11.3 Å². The molecule has 0 saturated heterocycles. The Kier molecular flexibility index (Phi) is 4.93. The minimum Gasteiger partial charge on any atom is -0.294 e. The summed E-state index contributed by atoms with van der Waals surface area (Å²) in [6.45, 7) is 0. The zero-order valence-electron chi connectivity index (χ0n) is 19.0. The van der Waals surface area contributed by atoms with E-state index in [9.17, 15) is 14.4 Å². The average molecular weight is 455 g/mol. The number of allylic oxidation sites excluding steroid dienone is 1. The Morgan fingerprint density at radius 1 is 0.686 bits per heavy atom. The van der Waals surface area contributed by atoms with E-state index in [1.54, 1.807) is 24.3 Å². The molecule has 4 aromatic carbocycles. The van der Waals surface area contributed by atoms with Crippen LogP contribution in [0.1, 0.15) is 60.1 Å². The van der Waals surface area contributed by atoms with Crippen molar-refractivity contribution in [2.75, 3.05) is 0 Å². The summed E-state index contributed by atoms with van der Waals surface area (Å²) in [6, 6.07) is 33.4. The molecule has 0 fully saturated rings. The topological polar surface area (TPSA) is 51.2 Å². The lowest BCUT2D eigenvalue weighted by Gasteiger charge is -2.34. The number of benzene rings is 4. The minimum atomic E-state index is -1.24. The van der Waals surface area contributed by atoms with Gasteiger partial charge in [-0.1, -0.05) is 109 Å². The first-order valence-corrected chi connectivity index (χ1v) is 11.8. The van der Waals surface area contributed by atoms with Crippen LogP contribution < -0.4 is 0 Å². The van der Waals surface area contributed by atoms with E-state index >= 15 is 0 Å². The molecule has 4 aromatic rings. The molecule has 0 N–H and O–H groups in total. The highest BCUT2D eigenvalue weighted by Gasteiger charge is 2.60. The molecule has 2 aliphatic carbocycles. The Morgan fingerprint density at radius 2 is 1.29 bits per heavy atom. The fourth-order valence-corrected chi connectivity index (χ4v) is 5.81. The number of hydrogen-bond donors (Lipinski definition) is 0. The van der Waals surface area contributed by atoms with E-state index in [-0.39, 0.29) is 23.8 Å². The fraction of sp³-hybridized carbons (Fsp3) is 0.0938. The van der Waals surface area contributed by atoms with Gasteiger partial charge in [-0.2, -0.15) is 0 Å². The summed E-state index contributed by atoms with van der Waals surface area (Å²) in [6.07, 6.45) is 1.98. The van der Waals surface area contributed by atoms with E-state index in [2.05, 4.69) is 0 Å². The average Bonchev–Trinajstić information content (AvgIpc) is 3.39. The molecule has 2 aliphatic rings. The van der Waals surface area contributed by atoms with E-state index in [4.69, 9.17) is 0 Å². The molecule has 168 valence electrons. The summed E-state index contributed by atoms with van der Waals surface area (Å²) in [4.78, 5) is 41.8. The van der Waals surface area contributed by atoms with E-state index in [1.165, 1.54) is 0 Å². The predicted octanol–water partition coefficient (Wildman–Crippen LogP) is 6.46. The molecule has 3 heteroatoms. The molecule has 0 amide bonds. The van der Waals surface area contributed by atoms with Crippen molar-refractivity contribution in [1.29, 1.82) is 0 Å². The van der Waals surface area contributed by atoms with E-state index in [0.717, 1.165) is 16.7 Å². The normalized spacial score (nSPS) is 19.8. The Hall–Kier alpha value is -4.37. The molecule has 0 saturated carbocycles. The third-order valence-corrected chi connectivity index (χ3v) is 7.34. The highest BCUT2D eigenvalue weighted by molar-refractivity contribution is 6.25. The van der Waals surface area contributed by atoms with Crippen LogP contribution in [0.4, 0.5) is 0 Å². The highest BCUT2D eigenvalue weighted by Crippen LogP contribution is 2.59. The SMILES string of the molecule is O=C(C[C@H]1c2ccccc2C(=O)[C@]12C(C(=O)c1ccccc1)=Cc1ccccc12)c1ccccc1. The molecule has 0 unspecified atom stereocenters. The number of Topliss-reactive ketones (excluding diaryl/α,β-unsaturated/α-hetero) is 3. The summed E-state index contributed by atoms with van der Waals surface area (Å²) in [5, 5.41) is 0. The van der Waals surface area contributed by atoms with Gasteiger partial charge in [0.1, 0.15) is 0 Å². The van der Waals surface area contributed by atoms with Gasteiger partial charge in [-0.15, -0.1) is 0 Å². The van der Waals surface area contributed by atoms with Gasteiger partial charge in [0, 0.05) is 34.6 Å². The highest BCUT2D eigenvalue weighted by atomic mass is 16.1. The standard InChI is InChI=1S/C32H22O3/c33-29(21-11-3-1-4-12-21)20-27-24-16-8-9-17-25(24)31(35)32(27)26-18-10-7-15-23(26)19-28(32)30(34)22-13-5-2-6-14-22/h1-19,27H,20H2/t27-,32-/m0/s1. The third-order valence-electron chi connectivity index (χ3n) is 7.34. The van der Waals surface area contributed by atoms with Crippen molar-refractivity contribution in [3.63, 3.8) is 0 Å². The van der Waals surface area contributed by atoms with Gasteiger partial charge in [-0.25, -0.2) is 0 Å². The van der Waals surface area contributed by atoms with Gasteiger partial charge in [-0.05, 0) is 22.8 Å². The quantitative estimate of drug-likeness (QED) is 0.325. The van der Waals surface area contributed by atoms with Crippen molar-refractivity contribution in [2.45, 2.75) is 17.8 Å². The van der Waals surface area contributed by atoms with Crippen molar-refractivity contribution < 1.29 is 14.4 Å². The lowest BCUT2D eigenvalue weighted by molar-refractivity contribution is 0.0861. The van der Waals surface area contributed by atoms with Crippen molar-refractivity contribution in [3.05, 3.63) is 148 Å². The van der Waals surface area contributed by atoms with Gasteiger partial charge < -0.3 is 0 Å². The van der Waals surface area contributed by atoms with Crippen LogP contribution in [0.2, 0.25) is 0 Å². The Bertz CT molecular complexity index is 1510. The van der Waals surface area contributed by atoms with Crippen molar-refractivity contribution in [2.24, 2.45) is 0 Å². The molecule has 3 nitrogen and oxygen atoms in total. The van der Waals surface area contributed by atoms with Crippen molar-refractivity contribution in [1.82, 2.24) is 0 Å². The first-order valence-electron chi connectivity index (χ1n) is 11.8. The van der Waals surface area contributed by atoms with E-state index in [0.29, 0.717) is 22.3 Å². The first kappa shape index (κ1) is 21.2. The largest absolute Gasteiger partial charge is 0.294 e. The van der Waals surface area contributed by atoms with Crippen LogP contribution >= 0.6 is 0 Å². The monoisotopic (exact) mass is 454 g/mol. The van der Waals surface area contributed by atoms with Crippen LogP contribution in [0, 0.1) is 0 Å². The second-order valence-corrected chi connectivity index (χ2v) is 9.11. The summed E-state index contributed by atoms with van der Waals surface area (Å²) in [5.41, 5.74) is 3.39. The number of ketones is 3. The number of fused-ring (bicyclic) bond motifs is 3. The van der Waals surface area contributed by atoms with Gasteiger partial charge >= 0.3 is 0 Å². The number of carbonyl (C=O) groups excluding carboxylic acids is 3. The molecule has 0 heterocycles. The molecular formula is C32H22O3. The third kappa shape index (κ3) is 3.08. The van der Waals surface area contributed by atoms with Crippen LogP contribution in [0.3, 0.4) is 0 Å². The van der Waals surface area contributed by atoms with Crippen LogP contribution in [0.25, 0.3) is 6.08 Å². The van der Waals surface area contributed by atoms with Crippen molar-refractivity contribution >= 4 is 23.4 Å². The van der Waals surface area contributed by atoms with Crippen LogP contribution in [-0.4, -0.2) is 17.3 Å². The Labute approximate surface area is 203 Å². The summed E-state index contributed by atoms with van der Waals surface area (Å²) >= 11 is 0. The molecule has 0 aliphatic heterocycles. The van der Waals surface area contributed by atoms with Crippen LogP contribution in [0.15, 0.2) is 115 Å². The van der Waals surface area contributed by atoms with E-state index in [1.807, 2.05) is 91.0 Å². The van der Waals surface area contributed by atoms with Gasteiger partial charge in [-0.3, -0.25) is 14.4 Å².